The lowest BCUT2D eigenvalue weighted by atomic mass is 10.2. The van der Waals surface area contributed by atoms with E-state index in [-0.39, 0.29) is 11.5 Å². The number of nitrogens with one attached hydrogen (secondary N) is 2. The van der Waals surface area contributed by atoms with Gasteiger partial charge in [0.05, 0.1) is 11.5 Å². The lowest BCUT2D eigenvalue weighted by Gasteiger charge is -2.07. The molecule has 0 aliphatic rings. The summed E-state index contributed by atoms with van der Waals surface area (Å²) in [4.78, 5) is 4.03. The Kier molecular flexibility index (Phi) is 8.08. The predicted molar refractivity (Wildman–Crippen MR) is 88.3 cm³/mol. The molecule has 8 heteroatoms. The van der Waals surface area contributed by atoms with Gasteiger partial charge in [0.1, 0.15) is 0 Å². The van der Waals surface area contributed by atoms with Crippen LogP contribution in [0.2, 0.25) is 0 Å². The quantitative estimate of drug-likeness (QED) is 0.186. The van der Waals surface area contributed by atoms with Crippen LogP contribution in [0.1, 0.15) is 24.8 Å². The maximum absolute atomic E-state index is 11.9. The Morgan fingerprint density at radius 1 is 1.26 bits per heavy atom. The molecule has 2 N–H and O–H groups in total. The van der Waals surface area contributed by atoms with Crippen molar-refractivity contribution >= 4 is 16.1 Å². The summed E-state index contributed by atoms with van der Waals surface area (Å²) in [7, 11) is -2.10. The summed E-state index contributed by atoms with van der Waals surface area (Å²) < 4.78 is 28.9. The summed E-state index contributed by atoms with van der Waals surface area (Å²) in [6.45, 7) is 2.69. The number of hydrogen-bond donors (Lipinski definition) is 2. The lowest BCUT2D eigenvalue weighted by Crippen LogP contribution is -2.34. The Hall–Kier alpha value is -2.11. The van der Waals surface area contributed by atoms with Crippen molar-refractivity contribution in [3.8, 4) is 6.19 Å². The van der Waals surface area contributed by atoms with Gasteiger partial charge in [-0.15, -0.1) is 0 Å². The zero-order valence-corrected chi connectivity index (χ0v) is 14.2. The first-order chi connectivity index (χ1) is 11.0. The summed E-state index contributed by atoms with van der Waals surface area (Å²) in [6, 6.07) is 6.57. The van der Waals surface area contributed by atoms with Gasteiger partial charge in [-0.05, 0) is 38.3 Å². The van der Waals surface area contributed by atoms with Crippen molar-refractivity contribution in [2.24, 2.45) is 4.99 Å². The van der Waals surface area contributed by atoms with E-state index in [1.54, 1.807) is 37.5 Å². The average Bonchev–Trinajstić information content (AvgIpc) is 2.53. The number of aliphatic imine (C=N–C) groups is 1. The van der Waals surface area contributed by atoms with Crippen molar-refractivity contribution in [3.05, 3.63) is 29.8 Å². The Balaban J connectivity index is 2.22. The van der Waals surface area contributed by atoms with Crippen LogP contribution < -0.4 is 10.6 Å². The van der Waals surface area contributed by atoms with Crippen LogP contribution >= 0.6 is 0 Å². The van der Waals surface area contributed by atoms with Gasteiger partial charge in [0.15, 0.2) is 6.19 Å². The van der Waals surface area contributed by atoms with Gasteiger partial charge < -0.3 is 5.32 Å². The van der Waals surface area contributed by atoms with E-state index in [1.807, 2.05) is 6.92 Å². The van der Waals surface area contributed by atoms with Gasteiger partial charge in [-0.25, -0.2) is 0 Å². The zero-order valence-electron chi connectivity index (χ0n) is 13.4. The third-order valence-corrected chi connectivity index (χ3v) is 4.39. The fourth-order valence-electron chi connectivity index (χ4n) is 1.78. The highest BCUT2D eigenvalue weighted by Gasteiger charge is 2.14. The second kappa shape index (κ2) is 9.82. The fraction of sp³-hybridized carbons (Fsp3) is 0.467. The van der Waals surface area contributed by atoms with Crippen molar-refractivity contribution in [3.63, 3.8) is 0 Å². The molecule has 126 valence electrons. The zero-order chi connectivity index (χ0) is 17.1. The Bertz CT molecular complexity index is 648. The number of benzene rings is 1. The van der Waals surface area contributed by atoms with Crippen LogP contribution in [0, 0.1) is 18.4 Å². The van der Waals surface area contributed by atoms with Gasteiger partial charge in [0.2, 0.25) is 5.96 Å². The molecule has 0 aromatic heterocycles. The topological polar surface area (TPSA) is 104 Å². The maximum Gasteiger partial charge on any atom is 0.296 e. The molecule has 0 aliphatic heterocycles. The molecule has 23 heavy (non-hydrogen) atoms. The minimum absolute atomic E-state index is 0.154. The van der Waals surface area contributed by atoms with Gasteiger partial charge in [-0.3, -0.25) is 14.5 Å². The number of rotatable bonds is 8. The lowest BCUT2D eigenvalue weighted by molar-refractivity contribution is 0.307. The summed E-state index contributed by atoms with van der Waals surface area (Å²) in [5, 5.41) is 13.9. The number of unbranched alkanes of at least 4 members (excludes halogenated alkanes) is 2. The van der Waals surface area contributed by atoms with Crippen LogP contribution in [-0.4, -0.2) is 34.6 Å². The molecule has 0 aliphatic carbocycles. The molecule has 0 heterocycles. The van der Waals surface area contributed by atoms with Gasteiger partial charge in [0.25, 0.3) is 10.1 Å². The molecule has 0 atom stereocenters. The molecule has 0 fully saturated rings. The first-order valence-corrected chi connectivity index (χ1v) is 8.72. The number of nitriles is 1. The van der Waals surface area contributed by atoms with E-state index in [2.05, 4.69) is 15.6 Å². The largest absolute Gasteiger partial charge is 0.356 e. The number of guanidine groups is 1. The highest BCUT2D eigenvalue weighted by Crippen LogP contribution is 2.13. The molecule has 0 radical (unpaired) electrons. The van der Waals surface area contributed by atoms with Crippen molar-refractivity contribution in [1.82, 2.24) is 10.6 Å². The van der Waals surface area contributed by atoms with Crippen LogP contribution in [0.3, 0.4) is 0 Å². The molecule has 1 aromatic carbocycles. The second-order valence-corrected chi connectivity index (χ2v) is 6.50. The molecule has 0 bridgehead atoms. The van der Waals surface area contributed by atoms with Crippen LogP contribution in [0.15, 0.2) is 34.2 Å². The molecule has 7 nitrogen and oxygen atoms in total. The van der Waals surface area contributed by atoms with Crippen LogP contribution in [0.4, 0.5) is 0 Å². The van der Waals surface area contributed by atoms with Crippen LogP contribution in [-0.2, 0) is 14.3 Å². The Morgan fingerprint density at radius 2 is 1.96 bits per heavy atom. The Morgan fingerprint density at radius 3 is 2.57 bits per heavy atom. The summed E-state index contributed by atoms with van der Waals surface area (Å²) in [5.41, 5.74) is 0.998. The number of hydrogen-bond acceptors (Lipinski definition) is 5. The normalized spacial score (nSPS) is 11.8. The molecular formula is C15H22N4O3S. The molecule has 0 spiro atoms. The van der Waals surface area contributed by atoms with E-state index < -0.39 is 10.1 Å². The molecule has 1 rings (SSSR count). The van der Waals surface area contributed by atoms with Crippen LogP contribution in [0.5, 0.6) is 0 Å². The molecule has 1 aromatic rings. The first-order valence-electron chi connectivity index (χ1n) is 7.31. The van der Waals surface area contributed by atoms with Crippen molar-refractivity contribution in [2.45, 2.75) is 31.1 Å². The van der Waals surface area contributed by atoms with Crippen molar-refractivity contribution < 1.29 is 12.6 Å². The van der Waals surface area contributed by atoms with Gasteiger partial charge in [-0.1, -0.05) is 17.7 Å². The van der Waals surface area contributed by atoms with E-state index >= 15 is 0 Å². The molecule has 0 unspecified atom stereocenters. The Labute approximate surface area is 137 Å². The third-order valence-electron chi connectivity index (χ3n) is 3.06. The van der Waals surface area contributed by atoms with Gasteiger partial charge in [-0.2, -0.15) is 13.7 Å². The number of nitrogens with zero attached hydrogens (tertiary/aromatic N) is 2. The predicted octanol–water partition coefficient (Wildman–Crippen LogP) is 1.52. The molecule has 0 saturated carbocycles. The standard InChI is InChI=1S/C15H22N4O3S/c1-13-6-8-14(9-7-13)23(20,21)22-11-5-3-4-10-18-15(17-2)19-12-16/h6-9H,3-5,10-11H2,1-2H3,(H2,17,18,19). The van der Waals surface area contributed by atoms with E-state index in [0.717, 1.165) is 18.4 Å². The SMILES string of the molecule is C/N=C(/NC#N)NCCCCCOS(=O)(=O)c1ccc(C)cc1. The van der Waals surface area contributed by atoms with E-state index in [4.69, 9.17) is 9.44 Å². The molecule has 0 saturated heterocycles. The third kappa shape index (κ3) is 7.13. The summed E-state index contributed by atoms with van der Waals surface area (Å²) >= 11 is 0. The molecular weight excluding hydrogens is 316 g/mol. The minimum Gasteiger partial charge on any atom is -0.356 e. The minimum atomic E-state index is -3.68. The number of aryl methyl sites for hydroxylation is 1. The highest BCUT2D eigenvalue weighted by atomic mass is 32.2. The maximum atomic E-state index is 11.9. The smallest absolute Gasteiger partial charge is 0.296 e. The van der Waals surface area contributed by atoms with Crippen LogP contribution in [0.25, 0.3) is 0 Å². The highest BCUT2D eigenvalue weighted by molar-refractivity contribution is 7.86. The van der Waals surface area contributed by atoms with Crippen molar-refractivity contribution in [1.29, 1.82) is 5.26 Å². The van der Waals surface area contributed by atoms with E-state index in [1.165, 1.54) is 0 Å². The van der Waals surface area contributed by atoms with E-state index in [9.17, 15) is 8.42 Å². The van der Waals surface area contributed by atoms with Gasteiger partial charge >= 0.3 is 0 Å². The average molecular weight is 338 g/mol. The molecule has 0 amide bonds. The van der Waals surface area contributed by atoms with Gasteiger partial charge in [0, 0.05) is 13.6 Å². The van der Waals surface area contributed by atoms with E-state index in [0.29, 0.717) is 18.9 Å². The fourth-order valence-corrected chi connectivity index (χ4v) is 2.73. The second-order valence-electron chi connectivity index (χ2n) is 4.89. The summed E-state index contributed by atoms with van der Waals surface area (Å²) in [5.74, 6) is 0.422. The van der Waals surface area contributed by atoms with Crippen molar-refractivity contribution in [2.75, 3.05) is 20.2 Å². The first kappa shape index (κ1) is 18.9. The monoisotopic (exact) mass is 338 g/mol. The summed E-state index contributed by atoms with van der Waals surface area (Å²) in [6.07, 6.45) is 4.05.